The van der Waals surface area contributed by atoms with Crippen molar-refractivity contribution in [1.29, 1.82) is 0 Å². The predicted molar refractivity (Wildman–Crippen MR) is 145 cm³/mol. The molecule has 0 aromatic heterocycles. The third kappa shape index (κ3) is 9.40. The number of hydrogen-bond donors (Lipinski definition) is 0. The highest BCUT2D eigenvalue weighted by Crippen LogP contribution is 2.39. The minimum absolute atomic E-state index is 0. The van der Waals surface area contributed by atoms with Crippen molar-refractivity contribution in [2.24, 2.45) is 0 Å². The van der Waals surface area contributed by atoms with Gasteiger partial charge in [0.2, 0.25) is 0 Å². The molecule has 13 heteroatoms. The fourth-order valence-electron chi connectivity index (χ4n) is 3.39. The van der Waals surface area contributed by atoms with Gasteiger partial charge < -0.3 is 0 Å². The van der Waals surface area contributed by atoms with Crippen molar-refractivity contribution in [1.82, 2.24) is 4.67 Å². The molecular weight excluding hydrogens is 611 g/mol. The standard InChI is InChI=1S/C14H12F4NP.C12H6ClF4P.ClH/c1-19(2)20(13-5-9(15)3-10(16)6-13)14-7-11(17)4-12(18)8-14;13-18(11-3-7(14)1-8(15)4-11)12-5-9(16)2-10(17)6-12;/h3-8H,1-2H3;1-6H;1H. The summed E-state index contributed by atoms with van der Waals surface area (Å²) in [6.07, 6.45) is 0. The average Bonchev–Trinajstić information content (AvgIpc) is 2.76. The molecule has 0 spiro atoms. The molecule has 0 fully saturated rings. The van der Waals surface area contributed by atoms with E-state index in [9.17, 15) is 35.1 Å². The maximum atomic E-state index is 13.3. The molecule has 0 amide bonds. The molecule has 0 bridgehead atoms. The van der Waals surface area contributed by atoms with Crippen molar-refractivity contribution in [3.8, 4) is 0 Å². The van der Waals surface area contributed by atoms with Crippen LogP contribution in [-0.4, -0.2) is 18.8 Å². The molecule has 0 aliphatic carbocycles. The normalized spacial score (nSPS) is 10.9. The van der Waals surface area contributed by atoms with Gasteiger partial charge in [-0.25, -0.2) is 35.1 Å². The average molecular weight is 630 g/mol. The first-order valence-electron chi connectivity index (χ1n) is 10.6. The van der Waals surface area contributed by atoms with Gasteiger partial charge in [-0.15, -0.1) is 12.4 Å². The molecule has 208 valence electrons. The van der Waals surface area contributed by atoms with E-state index in [1.807, 2.05) is 0 Å². The maximum absolute atomic E-state index is 13.3. The zero-order valence-corrected chi connectivity index (χ0v) is 23.4. The largest absolute Gasteiger partial charge is 0.281 e. The SMILES string of the molecule is CN(C)P(c1cc(F)cc(F)c1)c1cc(F)cc(F)c1.Cl.Fc1cc(F)cc(P(Cl)c2cc(F)cc(F)c2)c1. The summed E-state index contributed by atoms with van der Waals surface area (Å²) in [6, 6.07) is 11.8. The first kappa shape index (κ1) is 32.9. The Balaban J connectivity index is 0.000000268. The van der Waals surface area contributed by atoms with Crippen molar-refractivity contribution in [3.63, 3.8) is 0 Å². The maximum Gasteiger partial charge on any atom is 0.126 e. The van der Waals surface area contributed by atoms with E-state index < -0.39 is 61.9 Å². The molecule has 0 saturated heterocycles. The Hall–Kier alpha value is -2.28. The lowest BCUT2D eigenvalue weighted by Crippen LogP contribution is -2.24. The fourth-order valence-corrected chi connectivity index (χ4v) is 7.42. The number of nitrogens with zero attached hydrogens (tertiary/aromatic N) is 1. The van der Waals surface area contributed by atoms with Crippen molar-refractivity contribution in [2.75, 3.05) is 14.1 Å². The minimum Gasteiger partial charge on any atom is -0.281 e. The van der Waals surface area contributed by atoms with Crippen LogP contribution < -0.4 is 21.2 Å². The molecule has 0 unspecified atom stereocenters. The molecule has 0 aliphatic heterocycles. The lowest BCUT2D eigenvalue weighted by Gasteiger charge is -2.25. The zero-order valence-electron chi connectivity index (χ0n) is 20.1. The van der Waals surface area contributed by atoms with E-state index in [-0.39, 0.29) is 23.0 Å². The summed E-state index contributed by atoms with van der Waals surface area (Å²) in [4.78, 5) is 0. The summed E-state index contributed by atoms with van der Waals surface area (Å²) in [5, 5.41) is 1.03. The highest BCUT2D eigenvalue weighted by atomic mass is 35.7. The Morgan fingerprint density at radius 1 is 0.436 bits per heavy atom. The van der Waals surface area contributed by atoms with Gasteiger partial charge in [-0.1, -0.05) is 11.2 Å². The van der Waals surface area contributed by atoms with Gasteiger partial charge in [-0.2, -0.15) is 0 Å². The highest BCUT2D eigenvalue weighted by Gasteiger charge is 2.20. The lowest BCUT2D eigenvalue weighted by atomic mass is 10.3. The monoisotopic (exact) mass is 629 g/mol. The third-order valence-corrected chi connectivity index (χ3v) is 9.62. The summed E-state index contributed by atoms with van der Waals surface area (Å²) in [7, 11) is 0.259. The van der Waals surface area contributed by atoms with Crippen LogP contribution in [0.5, 0.6) is 0 Å². The smallest absolute Gasteiger partial charge is 0.126 e. The van der Waals surface area contributed by atoms with Crippen LogP contribution in [0.4, 0.5) is 35.1 Å². The van der Waals surface area contributed by atoms with Gasteiger partial charge in [-0.05, 0) is 62.6 Å². The highest BCUT2D eigenvalue weighted by molar-refractivity contribution is 7.95. The molecule has 0 atom stereocenters. The van der Waals surface area contributed by atoms with Gasteiger partial charge in [0.15, 0.2) is 0 Å². The van der Waals surface area contributed by atoms with E-state index in [0.717, 1.165) is 36.4 Å². The van der Waals surface area contributed by atoms with Crippen molar-refractivity contribution in [2.45, 2.75) is 0 Å². The Labute approximate surface area is 233 Å². The van der Waals surface area contributed by atoms with Gasteiger partial charge >= 0.3 is 0 Å². The number of benzene rings is 4. The Bertz CT molecular complexity index is 1260. The molecule has 4 rings (SSSR count). The third-order valence-electron chi connectivity index (χ3n) is 4.73. The first-order valence-corrected chi connectivity index (χ1v) is 14.1. The van der Waals surface area contributed by atoms with Crippen LogP contribution in [0.1, 0.15) is 0 Å². The fraction of sp³-hybridized carbons (Fsp3) is 0.0769. The van der Waals surface area contributed by atoms with Crippen molar-refractivity contribution < 1.29 is 35.1 Å². The van der Waals surface area contributed by atoms with E-state index in [2.05, 4.69) is 0 Å². The second kappa shape index (κ2) is 14.4. The van der Waals surface area contributed by atoms with Crippen LogP contribution in [0.25, 0.3) is 0 Å². The van der Waals surface area contributed by atoms with Crippen LogP contribution in [0.3, 0.4) is 0 Å². The summed E-state index contributed by atoms with van der Waals surface area (Å²) in [6.45, 7) is 0. The summed E-state index contributed by atoms with van der Waals surface area (Å²) in [5.74, 6) is -6.00. The molecular formula is C26H19Cl2F8NP2. The molecule has 0 saturated carbocycles. The lowest BCUT2D eigenvalue weighted by molar-refractivity contribution is 0.583. The van der Waals surface area contributed by atoms with Gasteiger partial charge in [0.1, 0.15) is 46.5 Å². The van der Waals surface area contributed by atoms with Crippen LogP contribution in [0.15, 0.2) is 72.8 Å². The molecule has 4 aromatic carbocycles. The van der Waals surface area contributed by atoms with Crippen molar-refractivity contribution in [3.05, 3.63) is 119 Å². The van der Waals surface area contributed by atoms with Gasteiger partial charge in [0.25, 0.3) is 0 Å². The Kier molecular flexibility index (Phi) is 12.1. The number of rotatable bonds is 5. The molecule has 1 nitrogen and oxygen atoms in total. The second-order valence-corrected chi connectivity index (χ2v) is 13.0. The molecule has 0 heterocycles. The predicted octanol–water partition coefficient (Wildman–Crippen LogP) is 7.40. The molecule has 0 aliphatic rings. The topological polar surface area (TPSA) is 3.24 Å². The van der Waals surface area contributed by atoms with E-state index in [1.54, 1.807) is 18.8 Å². The summed E-state index contributed by atoms with van der Waals surface area (Å²) in [5.41, 5.74) is 0. The van der Waals surface area contributed by atoms with E-state index >= 15 is 0 Å². The second-order valence-electron chi connectivity index (χ2n) is 7.95. The van der Waals surface area contributed by atoms with Gasteiger partial charge in [0.05, 0.1) is 7.27 Å². The van der Waals surface area contributed by atoms with Crippen LogP contribution >= 0.6 is 39.0 Å². The molecule has 4 aromatic rings. The number of halogens is 10. The van der Waals surface area contributed by atoms with E-state index in [0.29, 0.717) is 22.7 Å². The quantitative estimate of drug-likeness (QED) is 0.164. The van der Waals surface area contributed by atoms with Crippen molar-refractivity contribution >= 4 is 60.2 Å². The van der Waals surface area contributed by atoms with Gasteiger partial charge in [-0.3, -0.25) is 4.67 Å². The number of hydrogen-bond acceptors (Lipinski definition) is 1. The molecule has 39 heavy (non-hydrogen) atoms. The first-order chi connectivity index (χ1) is 17.8. The van der Waals surface area contributed by atoms with E-state index in [1.165, 1.54) is 24.3 Å². The minimum atomic E-state index is -1.72. The Morgan fingerprint density at radius 3 is 0.846 bits per heavy atom. The summed E-state index contributed by atoms with van der Waals surface area (Å²) < 4.78 is 107. The van der Waals surface area contributed by atoms with Gasteiger partial charge in [0, 0.05) is 53.6 Å². The Morgan fingerprint density at radius 2 is 0.641 bits per heavy atom. The zero-order chi connectivity index (χ0) is 28.1. The van der Waals surface area contributed by atoms with E-state index in [4.69, 9.17) is 11.2 Å². The van der Waals surface area contributed by atoms with Crippen LogP contribution in [-0.2, 0) is 0 Å². The van der Waals surface area contributed by atoms with Crippen LogP contribution in [0, 0.1) is 46.5 Å². The molecule has 0 radical (unpaired) electrons. The summed E-state index contributed by atoms with van der Waals surface area (Å²) >= 11 is 6.02. The van der Waals surface area contributed by atoms with Crippen LogP contribution in [0.2, 0.25) is 0 Å². The molecule has 0 N–H and O–H groups in total.